The molecule has 2 heterocycles. The largest absolute Gasteiger partial charge is 0.495 e. The van der Waals surface area contributed by atoms with Crippen molar-refractivity contribution >= 4 is 28.8 Å². The van der Waals surface area contributed by atoms with Gasteiger partial charge in [-0.1, -0.05) is 36.4 Å². The molecule has 31 heavy (non-hydrogen) atoms. The standard InChI is InChI=1S/C24H24N2O4S/c1-29-14-13-26-22(20-12-7-15-31-20)21(16-8-3-4-9-17(16)24(26)28)23(27)25-18-10-5-6-11-19(18)30-2/h3-12,15,21-22H,13-14H2,1-2H3,(H,25,27)/t21-,22-/m1/s1. The monoisotopic (exact) mass is 436 g/mol. The van der Waals surface area contributed by atoms with Crippen LogP contribution >= 0.6 is 11.3 Å². The highest BCUT2D eigenvalue weighted by atomic mass is 32.1. The molecule has 0 saturated heterocycles. The molecule has 1 aromatic heterocycles. The van der Waals surface area contributed by atoms with E-state index in [2.05, 4.69) is 5.32 Å². The van der Waals surface area contributed by atoms with Crippen LogP contribution in [0.3, 0.4) is 0 Å². The molecule has 160 valence electrons. The maximum absolute atomic E-state index is 13.7. The van der Waals surface area contributed by atoms with Crippen LogP contribution in [0.5, 0.6) is 5.75 Å². The maximum Gasteiger partial charge on any atom is 0.254 e. The number of carbonyl (C=O) groups excluding carboxylic acids is 2. The van der Waals surface area contributed by atoms with E-state index >= 15 is 0 Å². The molecule has 0 saturated carbocycles. The number of hydrogen-bond acceptors (Lipinski definition) is 5. The van der Waals surface area contributed by atoms with Gasteiger partial charge in [0.15, 0.2) is 0 Å². The molecule has 0 spiro atoms. The molecule has 0 unspecified atom stereocenters. The van der Waals surface area contributed by atoms with Gasteiger partial charge in [0.1, 0.15) is 5.75 Å². The molecule has 0 bridgehead atoms. The van der Waals surface area contributed by atoms with Crippen molar-refractivity contribution in [2.75, 3.05) is 32.7 Å². The first-order valence-electron chi connectivity index (χ1n) is 10.0. The lowest BCUT2D eigenvalue weighted by atomic mass is 9.81. The number of carbonyl (C=O) groups is 2. The van der Waals surface area contributed by atoms with Crippen molar-refractivity contribution in [2.45, 2.75) is 12.0 Å². The molecule has 0 aliphatic carbocycles. The molecule has 1 aliphatic heterocycles. The third-order valence-corrected chi connectivity index (χ3v) is 6.40. The third-order valence-electron chi connectivity index (χ3n) is 5.46. The van der Waals surface area contributed by atoms with Gasteiger partial charge in [0.25, 0.3) is 5.91 Å². The van der Waals surface area contributed by atoms with Gasteiger partial charge in [-0.25, -0.2) is 0 Å². The average Bonchev–Trinajstić information content (AvgIpc) is 3.33. The highest BCUT2D eigenvalue weighted by Crippen LogP contribution is 2.44. The Morgan fingerprint density at radius 3 is 2.58 bits per heavy atom. The lowest BCUT2D eigenvalue weighted by Gasteiger charge is -2.41. The van der Waals surface area contributed by atoms with Gasteiger partial charge in [-0.15, -0.1) is 11.3 Å². The normalized spacial score (nSPS) is 17.9. The molecule has 2 amide bonds. The number of amides is 2. The van der Waals surface area contributed by atoms with E-state index in [0.29, 0.717) is 30.2 Å². The fraction of sp³-hybridized carbons (Fsp3) is 0.250. The van der Waals surface area contributed by atoms with Crippen LogP contribution in [0.2, 0.25) is 0 Å². The van der Waals surface area contributed by atoms with Crippen molar-refractivity contribution in [3.05, 3.63) is 82.0 Å². The summed E-state index contributed by atoms with van der Waals surface area (Å²) in [5.74, 6) is -0.271. The first-order valence-corrected chi connectivity index (χ1v) is 10.9. The maximum atomic E-state index is 13.7. The number of benzene rings is 2. The van der Waals surface area contributed by atoms with Gasteiger partial charge in [-0.3, -0.25) is 9.59 Å². The average molecular weight is 437 g/mol. The summed E-state index contributed by atoms with van der Waals surface area (Å²) < 4.78 is 10.7. The minimum Gasteiger partial charge on any atom is -0.495 e. The lowest BCUT2D eigenvalue weighted by molar-refractivity contribution is -0.119. The highest BCUT2D eigenvalue weighted by Gasteiger charge is 2.44. The van der Waals surface area contributed by atoms with Crippen LogP contribution in [-0.2, 0) is 9.53 Å². The summed E-state index contributed by atoms with van der Waals surface area (Å²) in [6, 6.07) is 18.1. The predicted octanol–water partition coefficient (Wildman–Crippen LogP) is 4.32. The van der Waals surface area contributed by atoms with E-state index < -0.39 is 12.0 Å². The van der Waals surface area contributed by atoms with Crippen LogP contribution in [0, 0.1) is 0 Å². The number of para-hydroxylation sites is 2. The molecule has 2 aromatic carbocycles. The molecule has 1 aliphatic rings. The van der Waals surface area contributed by atoms with Crippen LogP contribution in [-0.4, -0.2) is 44.1 Å². The zero-order chi connectivity index (χ0) is 21.8. The minimum atomic E-state index is -0.575. The fourth-order valence-corrected chi connectivity index (χ4v) is 4.92. The van der Waals surface area contributed by atoms with E-state index in [1.165, 1.54) is 11.3 Å². The Hall–Kier alpha value is -3.16. The first kappa shape index (κ1) is 21.1. The van der Waals surface area contributed by atoms with Gasteiger partial charge in [0, 0.05) is 24.1 Å². The van der Waals surface area contributed by atoms with Crippen molar-refractivity contribution < 1.29 is 19.1 Å². The summed E-state index contributed by atoms with van der Waals surface area (Å²) in [6.07, 6.45) is 0. The number of methoxy groups -OCH3 is 2. The topological polar surface area (TPSA) is 67.9 Å². The van der Waals surface area contributed by atoms with E-state index in [4.69, 9.17) is 9.47 Å². The van der Waals surface area contributed by atoms with Crippen molar-refractivity contribution in [3.63, 3.8) is 0 Å². The van der Waals surface area contributed by atoms with Crippen LogP contribution in [0.15, 0.2) is 66.0 Å². The molecule has 6 nitrogen and oxygen atoms in total. The Balaban J connectivity index is 1.80. The van der Waals surface area contributed by atoms with Crippen molar-refractivity contribution in [2.24, 2.45) is 0 Å². The summed E-state index contributed by atoms with van der Waals surface area (Å²) in [6.45, 7) is 0.779. The van der Waals surface area contributed by atoms with Gasteiger partial charge in [-0.2, -0.15) is 0 Å². The highest BCUT2D eigenvalue weighted by molar-refractivity contribution is 7.10. The number of ether oxygens (including phenoxy) is 2. The fourth-order valence-electron chi connectivity index (χ4n) is 4.04. The number of hydrogen-bond donors (Lipinski definition) is 1. The Labute approximate surface area is 185 Å². The number of nitrogens with one attached hydrogen (secondary N) is 1. The van der Waals surface area contributed by atoms with Crippen molar-refractivity contribution in [1.29, 1.82) is 0 Å². The predicted molar refractivity (Wildman–Crippen MR) is 121 cm³/mol. The number of fused-ring (bicyclic) bond motifs is 1. The molecular formula is C24H24N2O4S. The van der Waals surface area contributed by atoms with Gasteiger partial charge in [0.2, 0.25) is 5.91 Å². The SMILES string of the molecule is COCCN1C(=O)c2ccccc2[C@@H](C(=O)Nc2ccccc2OC)[C@H]1c1cccs1. The third kappa shape index (κ3) is 4.06. The van der Waals surface area contributed by atoms with E-state index in [0.717, 1.165) is 10.4 Å². The molecular weight excluding hydrogens is 412 g/mol. The van der Waals surface area contributed by atoms with Crippen LogP contribution < -0.4 is 10.1 Å². The summed E-state index contributed by atoms with van der Waals surface area (Å²) in [4.78, 5) is 29.8. The van der Waals surface area contributed by atoms with Crippen LogP contribution in [0.1, 0.15) is 32.8 Å². The van der Waals surface area contributed by atoms with E-state index in [-0.39, 0.29) is 11.8 Å². The number of nitrogens with zero attached hydrogens (tertiary/aromatic N) is 1. The molecule has 1 N–H and O–H groups in total. The van der Waals surface area contributed by atoms with Gasteiger partial charge >= 0.3 is 0 Å². The molecule has 0 fully saturated rings. The first-order chi connectivity index (χ1) is 15.2. The van der Waals surface area contributed by atoms with Gasteiger partial charge in [0.05, 0.1) is 31.4 Å². The Morgan fingerprint density at radius 2 is 1.84 bits per heavy atom. The molecule has 4 rings (SSSR count). The van der Waals surface area contributed by atoms with Crippen molar-refractivity contribution in [3.8, 4) is 5.75 Å². The van der Waals surface area contributed by atoms with Crippen molar-refractivity contribution in [1.82, 2.24) is 4.90 Å². The Kier molecular flexibility index (Phi) is 6.34. The second-order valence-corrected chi connectivity index (χ2v) is 8.19. The summed E-state index contributed by atoms with van der Waals surface area (Å²) in [5, 5.41) is 4.99. The molecule has 2 atom stereocenters. The number of thiophene rings is 1. The zero-order valence-electron chi connectivity index (χ0n) is 17.4. The van der Waals surface area contributed by atoms with Gasteiger partial charge in [-0.05, 0) is 35.2 Å². The van der Waals surface area contributed by atoms with E-state index in [9.17, 15) is 9.59 Å². The number of rotatable bonds is 7. The van der Waals surface area contributed by atoms with Crippen LogP contribution in [0.4, 0.5) is 5.69 Å². The number of anilines is 1. The molecule has 7 heteroatoms. The van der Waals surface area contributed by atoms with Crippen LogP contribution in [0.25, 0.3) is 0 Å². The molecule has 0 radical (unpaired) electrons. The minimum absolute atomic E-state index is 0.0904. The quantitative estimate of drug-likeness (QED) is 0.599. The summed E-state index contributed by atoms with van der Waals surface area (Å²) in [7, 11) is 3.18. The summed E-state index contributed by atoms with van der Waals surface area (Å²) in [5.41, 5.74) is 1.87. The molecule has 3 aromatic rings. The zero-order valence-corrected chi connectivity index (χ0v) is 18.2. The second kappa shape index (κ2) is 9.32. The lowest BCUT2D eigenvalue weighted by Crippen LogP contribution is -2.47. The Bertz CT molecular complexity index is 1070. The second-order valence-electron chi connectivity index (χ2n) is 7.21. The van der Waals surface area contributed by atoms with Gasteiger partial charge < -0.3 is 19.7 Å². The Morgan fingerprint density at radius 1 is 1.06 bits per heavy atom. The smallest absolute Gasteiger partial charge is 0.254 e. The van der Waals surface area contributed by atoms with E-state index in [1.807, 2.05) is 47.8 Å². The summed E-state index contributed by atoms with van der Waals surface area (Å²) >= 11 is 1.54. The van der Waals surface area contributed by atoms with E-state index in [1.54, 1.807) is 37.3 Å².